The minimum Gasteiger partial charge on any atom is -0.320 e. The highest BCUT2D eigenvalue weighted by Gasteiger charge is 2.06. The Hall–Kier alpha value is -0.0800. The van der Waals surface area contributed by atoms with Gasteiger partial charge in [0.25, 0.3) is 0 Å². The van der Waals surface area contributed by atoms with E-state index in [0.29, 0.717) is 6.04 Å². The second-order valence-electron chi connectivity index (χ2n) is 3.59. The van der Waals surface area contributed by atoms with E-state index in [4.69, 9.17) is 0 Å². The summed E-state index contributed by atoms with van der Waals surface area (Å²) in [7, 11) is 2.01. The molecule has 0 aliphatic rings. The zero-order valence-corrected chi connectivity index (χ0v) is 9.06. The fraction of sp³-hybridized carbons (Fsp3) is 1.00. The normalized spacial score (nSPS) is 11.5. The standard InChI is InChI=1S/C10H24N2/c1-5-8-12(10(2)3)9-6-7-11-4/h10-11H,5-9H2,1-4H3. The zero-order chi connectivity index (χ0) is 9.40. The second-order valence-corrected chi connectivity index (χ2v) is 3.59. The van der Waals surface area contributed by atoms with Crippen molar-refractivity contribution in [3.8, 4) is 0 Å². The summed E-state index contributed by atoms with van der Waals surface area (Å²) in [6.45, 7) is 10.4. The summed E-state index contributed by atoms with van der Waals surface area (Å²) in [5.74, 6) is 0. The molecule has 1 N–H and O–H groups in total. The highest BCUT2D eigenvalue weighted by molar-refractivity contribution is 4.62. The minimum absolute atomic E-state index is 0.696. The summed E-state index contributed by atoms with van der Waals surface area (Å²) in [6, 6.07) is 0.696. The summed E-state index contributed by atoms with van der Waals surface area (Å²) in [4.78, 5) is 2.54. The molecule has 0 amide bonds. The number of nitrogens with one attached hydrogen (secondary N) is 1. The lowest BCUT2D eigenvalue weighted by Gasteiger charge is -2.25. The van der Waals surface area contributed by atoms with Gasteiger partial charge in [-0.05, 0) is 53.4 Å². The zero-order valence-electron chi connectivity index (χ0n) is 9.06. The largest absolute Gasteiger partial charge is 0.320 e. The lowest BCUT2D eigenvalue weighted by atomic mass is 10.2. The minimum atomic E-state index is 0.696. The molecule has 0 aromatic heterocycles. The third kappa shape index (κ3) is 5.56. The van der Waals surface area contributed by atoms with Crippen LogP contribution < -0.4 is 5.32 Å². The van der Waals surface area contributed by atoms with Crippen LogP contribution in [0.25, 0.3) is 0 Å². The topological polar surface area (TPSA) is 15.3 Å². The maximum absolute atomic E-state index is 3.18. The van der Waals surface area contributed by atoms with Gasteiger partial charge in [0.05, 0.1) is 0 Å². The Labute approximate surface area is 77.3 Å². The molecule has 0 bridgehead atoms. The Morgan fingerprint density at radius 1 is 1.25 bits per heavy atom. The van der Waals surface area contributed by atoms with E-state index in [0.717, 1.165) is 6.54 Å². The Kier molecular flexibility index (Phi) is 7.51. The van der Waals surface area contributed by atoms with Crippen molar-refractivity contribution in [2.24, 2.45) is 0 Å². The van der Waals surface area contributed by atoms with Crippen molar-refractivity contribution in [1.82, 2.24) is 10.2 Å². The van der Waals surface area contributed by atoms with Crippen LogP contribution in [-0.4, -0.2) is 37.6 Å². The van der Waals surface area contributed by atoms with Crippen LogP contribution >= 0.6 is 0 Å². The third-order valence-electron chi connectivity index (χ3n) is 2.11. The van der Waals surface area contributed by atoms with Gasteiger partial charge >= 0.3 is 0 Å². The van der Waals surface area contributed by atoms with E-state index >= 15 is 0 Å². The molecule has 0 radical (unpaired) electrons. The van der Waals surface area contributed by atoms with Gasteiger partial charge in [0, 0.05) is 6.04 Å². The van der Waals surface area contributed by atoms with E-state index in [-0.39, 0.29) is 0 Å². The molecule has 2 heteroatoms. The summed E-state index contributed by atoms with van der Waals surface area (Å²) in [5, 5.41) is 3.18. The molecule has 0 rings (SSSR count). The van der Waals surface area contributed by atoms with Crippen molar-refractivity contribution >= 4 is 0 Å². The Balaban J connectivity index is 3.49. The average molecular weight is 172 g/mol. The SMILES string of the molecule is CCCN(CCCNC)C(C)C. The van der Waals surface area contributed by atoms with Crippen molar-refractivity contribution < 1.29 is 0 Å². The van der Waals surface area contributed by atoms with Crippen LogP contribution in [0.2, 0.25) is 0 Å². The van der Waals surface area contributed by atoms with E-state index in [9.17, 15) is 0 Å². The highest BCUT2D eigenvalue weighted by Crippen LogP contribution is 2.00. The van der Waals surface area contributed by atoms with Gasteiger partial charge in [0.1, 0.15) is 0 Å². The number of nitrogens with zero attached hydrogens (tertiary/aromatic N) is 1. The van der Waals surface area contributed by atoms with E-state index in [2.05, 4.69) is 31.0 Å². The van der Waals surface area contributed by atoms with E-state index < -0.39 is 0 Å². The van der Waals surface area contributed by atoms with E-state index in [1.54, 1.807) is 0 Å². The molecule has 0 aliphatic carbocycles. The second kappa shape index (κ2) is 7.56. The number of rotatable bonds is 7. The predicted octanol–water partition coefficient (Wildman–Crippen LogP) is 1.72. The van der Waals surface area contributed by atoms with E-state index in [1.807, 2.05) is 7.05 Å². The molecule has 2 nitrogen and oxygen atoms in total. The lowest BCUT2D eigenvalue weighted by Crippen LogP contribution is -2.33. The quantitative estimate of drug-likeness (QED) is 0.588. The molecule has 0 saturated heterocycles. The van der Waals surface area contributed by atoms with Crippen LogP contribution in [0.15, 0.2) is 0 Å². The molecule has 0 atom stereocenters. The maximum atomic E-state index is 3.18. The van der Waals surface area contributed by atoms with Crippen molar-refractivity contribution in [2.45, 2.75) is 39.7 Å². The fourth-order valence-electron chi connectivity index (χ4n) is 1.37. The van der Waals surface area contributed by atoms with Crippen LogP contribution in [0.4, 0.5) is 0 Å². The van der Waals surface area contributed by atoms with Gasteiger partial charge in [-0.1, -0.05) is 6.92 Å². The van der Waals surface area contributed by atoms with Crippen LogP contribution in [0.3, 0.4) is 0 Å². The van der Waals surface area contributed by atoms with Gasteiger partial charge in [-0.3, -0.25) is 0 Å². The van der Waals surface area contributed by atoms with Gasteiger partial charge < -0.3 is 10.2 Å². The lowest BCUT2D eigenvalue weighted by molar-refractivity contribution is 0.219. The number of hydrogen-bond acceptors (Lipinski definition) is 2. The Bertz CT molecular complexity index is 91.8. The number of hydrogen-bond donors (Lipinski definition) is 1. The molecule has 0 aromatic rings. The van der Waals surface area contributed by atoms with Crippen molar-refractivity contribution in [3.05, 3.63) is 0 Å². The fourth-order valence-corrected chi connectivity index (χ4v) is 1.37. The predicted molar refractivity (Wildman–Crippen MR) is 55.5 cm³/mol. The van der Waals surface area contributed by atoms with Gasteiger partial charge in [0.15, 0.2) is 0 Å². The smallest absolute Gasteiger partial charge is 0.00385 e. The first-order valence-electron chi connectivity index (χ1n) is 5.11. The van der Waals surface area contributed by atoms with Crippen molar-refractivity contribution in [3.63, 3.8) is 0 Å². The summed E-state index contributed by atoms with van der Waals surface area (Å²) >= 11 is 0. The molecule has 0 aliphatic heterocycles. The van der Waals surface area contributed by atoms with E-state index in [1.165, 1.54) is 25.9 Å². The van der Waals surface area contributed by atoms with Crippen LogP contribution in [0.1, 0.15) is 33.6 Å². The van der Waals surface area contributed by atoms with Gasteiger partial charge in [-0.25, -0.2) is 0 Å². The average Bonchev–Trinajstić information content (AvgIpc) is 2.03. The highest BCUT2D eigenvalue weighted by atomic mass is 15.1. The monoisotopic (exact) mass is 172 g/mol. The third-order valence-corrected chi connectivity index (χ3v) is 2.11. The molecule has 74 valence electrons. The van der Waals surface area contributed by atoms with Gasteiger partial charge in [-0.15, -0.1) is 0 Å². The summed E-state index contributed by atoms with van der Waals surface area (Å²) in [5.41, 5.74) is 0. The first-order chi connectivity index (χ1) is 5.72. The summed E-state index contributed by atoms with van der Waals surface area (Å²) < 4.78 is 0. The van der Waals surface area contributed by atoms with Crippen LogP contribution in [0.5, 0.6) is 0 Å². The van der Waals surface area contributed by atoms with Crippen molar-refractivity contribution in [2.75, 3.05) is 26.7 Å². The first kappa shape index (κ1) is 11.9. The van der Waals surface area contributed by atoms with Crippen LogP contribution in [0, 0.1) is 0 Å². The molecular formula is C10H24N2. The molecule has 0 saturated carbocycles. The maximum Gasteiger partial charge on any atom is 0.00385 e. The van der Waals surface area contributed by atoms with Crippen molar-refractivity contribution in [1.29, 1.82) is 0 Å². The molecule has 0 fully saturated rings. The Morgan fingerprint density at radius 3 is 2.33 bits per heavy atom. The van der Waals surface area contributed by atoms with Gasteiger partial charge in [0.2, 0.25) is 0 Å². The molecule has 0 spiro atoms. The first-order valence-corrected chi connectivity index (χ1v) is 5.11. The molecule has 0 unspecified atom stereocenters. The van der Waals surface area contributed by atoms with Crippen LogP contribution in [-0.2, 0) is 0 Å². The molecule has 0 aromatic carbocycles. The molecular weight excluding hydrogens is 148 g/mol. The Morgan fingerprint density at radius 2 is 1.92 bits per heavy atom. The molecule has 12 heavy (non-hydrogen) atoms. The summed E-state index contributed by atoms with van der Waals surface area (Å²) in [6.07, 6.45) is 2.52. The molecule has 0 heterocycles. The van der Waals surface area contributed by atoms with Gasteiger partial charge in [-0.2, -0.15) is 0 Å².